The average molecular weight is 460 g/mol. The van der Waals surface area contributed by atoms with Gasteiger partial charge in [0.1, 0.15) is 17.9 Å². The van der Waals surface area contributed by atoms with Crippen molar-refractivity contribution in [1.82, 2.24) is 5.32 Å². The third-order valence-corrected chi connectivity index (χ3v) is 4.60. The number of nitrogens with one attached hydrogen (secondary N) is 1. The molecule has 2 aromatic carbocycles. The standard InChI is InChI=1S/C20H12BrClN2O4/c1-2-8-28-17-7-6-12(10-16(17)21)9-15-18(25)23-20(27)24(19(15)26)14-5-3-4-13(22)11-14/h1,3-7,9-11H,8H2,(H,23,25,27)/b15-9-. The minimum Gasteiger partial charge on any atom is -0.480 e. The largest absolute Gasteiger partial charge is 0.480 e. The topological polar surface area (TPSA) is 75.7 Å². The quantitative estimate of drug-likeness (QED) is 0.429. The van der Waals surface area contributed by atoms with E-state index in [-0.39, 0.29) is 17.9 Å². The van der Waals surface area contributed by atoms with Gasteiger partial charge in [-0.1, -0.05) is 29.7 Å². The molecule has 1 fully saturated rings. The predicted molar refractivity (Wildman–Crippen MR) is 109 cm³/mol. The number of anilines is 1. The number of ether oxygens (including phenoxy) is 1. The monoisotopic (exact) mass is 458 g/mol. The van der Waals surface area contributed by atoms with E-state index < -0.39 is 17.8 Å². The van der Waals surface area contributed by atoms with Crippen LogP contribution in [-0.2, 0) is 9.59 Å². The molecule has 1 aliphatic rings. The lowest BCUT2D eigenvalue weighted by atomic mass is 10.1. The summed E-state index contributed by atoms with van der Waals surface area (Å²) in [5.41, 5.74) is 0.621. The molecule has 8 heteroatoms. The Morgan fingerprint density at radius 2 is 2.00 bits per heavy atom. The molecule has 0 saturated carbocycles. The molecule has 0 aliphatic carbocycles. The minimum absolute atomic E-state index is 0.108. The van der Waals surface area contributed by atoms with Gasteiger partial charge in [-0.3, -0.25) is 14.9 Å². The highest BCUT2D eigenvalue weighted by Crippen LogP contribution is 2.28. The Bertz CT molecular complexity index is 1060. The molecule has 4 amide bonds. The number of carbonyl (C=O) groups is 3. The van der Waals surface area contributed by atoms with Gasteiger partial charge in [0.15, 0.2) is 0 Å². The van der Waals surface area contributed by atoms with Crippen LogP contribution in [0.5, 0.6) is 5.75 Å². The summed E-state index contributed by atoms with van der Waals surface area (Å²) in [6.45, 7) is 0.108. The maximum atomic E-state index is 12.8. The molecule has 0 bridgehead atoms. The SMILES string of the molecule is C#CCOc1ccc(/C=C2/C(=O)NC(=O)N(c3cccc(Cl)c3)C2=O)cc1Br. The number of nitrogens with zero attached hydrogens (tertiary/aromatic N) is 1. The average Bonchev–Trinajstić information content (AvgIpc) is 2.64. The summed E-state index contributed by atoms with van der Waals surface area (Å²) < 4.78 is 5.96. The lowest BCUT2D eigenvalue weighted by Crippen LogP contribution is -2.54. The maximum absolute atomic E-state index is 12.8. The first-order chi connectivity index (χ1) is 13.4. The van der Waals surface area contributed by atoms with E-state index in [4.69, 9.17) is 22.8 Å². The number of carbonyl (C=O) groups excluding carboxylic acids is 3. The first-order valence-electron chi connectivity index (χ1n) is 7.93. The van der Waals surface area contributed by atoms with Crippen molar-refractivity contribution in [2.45, 2.75) is 0 Å². The Hall–Kier alpha value is -3.08. The zero-order chi connectivity index (χ0) is 20.3. The van der Waals surface area contributed by atoms with Crippen molar-refractivity contribution in [3.63, 3.8) is 0 Å². The summed E-state index contributed by atoms with van der Waals surface area (Å²) in [5, 5.41) is 2.51. The third-order valence-electron chi connectivity index (χ3n) is 3.75. The van der Waals surface area contributed by atoms with Crippen LogP contribution in [0.1, 0.15) is 5.56 Å². The number of terminal acetylenes is 1. The number of benzene rings is 2. The van der Waals surface area contributed by atoms with Gasteiger partial charge in [0, 0.05) is 5.02 Å². The molecule has 0 unspecified atom stereocenters. The molecule has 2 aromatic rings. The van der Waals surface area contributed by atoms with E-state index in [1.54, 1.807) is 36.4 Å². The van der Waals surface area contributed by atoms with Gasteiger partial charge < -0.3 is 4.74 Å². The van der Waals surface area contributed by atoms with Crippen molar-refractivity contribution in [2.24, 2.45) is 0 Å². The third kappa shape index (κ3) is 4.09. The molecule has 1 saturated heterocycles. The highest BCUT2D eigenvalue weighted by molar-refractivity contribution is 9.10. The Balaban J connectivity index is 1.95. The molecule has 0 spiro atoms. The number of urea groups is 1. The Morgan fingerprint density at radius 3 is 2.68 bits per heavy atom. The van der Waals surface area contributed by atoms with Crippen molar-refractivity contribution >= 4 is 57.1 Å². The summed E-state index contributed by atoms with van der Waals surface area (Å²) in [7, 11) is 0. The Morgan fingerprint density at radius 1 is 1.21 bits per heavy atom. The summed E-state index contributed by atoms with van der Waals surface area (Å²) in [6, 6.07) is 10.4. The smallest absolute Gasteiger partial charge is 0.335 e. The summed E-state index contributed by atoms with van der Waals surface area (Å²) in [6.07, 6.45) is 6.56. The molecule has 1 aliphatic heterocycles. The molecule has 0 aromatic heterocycles. The molecule has 6 nitrogen and oxygen atoms in total. The number of hydrogen-bond donors (Lipinski definition) is 1. The van der Waals surface area contributed by atoms with Gasteiger partial charge in [-0.2, -0.15) is 0 Å². The first kappa shape index (κ1) is 19.7. The van der Waals surface area contributed by atoms with Gasteiger partial charge in [0.05, 0.1) is 10.2 Å². The zero-order valence-electron chi connectivity index (χ0n) is 14.2. The molecule has 3 rings (SSSR count). The molecule has 0 atom stereocenters. The Kier molecular flexibility index (Phi) is 5.83. The lowest BCUT2D eigenvalue weighted by molar-refractivity contribution is -0.122. The van der Waals surface area contributed by atoms with Crippen LogP contribution in [0.2, 0.25) is 5.02 Å². The van der Waals surface area contributed by atoms with Crippen LogP contribution < -0.4 is 15.0 Å². The minimum atomic E-state index is -0.839. The van der Waals surface area contributed by atoms with Crippen LogP contribution in [0.25, 0.3) is 6.08 Å². The number of hydrogen-bond acceptors (Lipinski definition) is 4. The fourth-order valence-corrected chi connectivity index (χ4v) is 3.21. The van der Waals surface area contributed by atoms with Crippen LogP contribution >= 0.6 is 27.5 Å². The maximum Gasteiger partial charge on any atom is 0.335 e. The van der Waals surface area contributed by atoms with Gasteiger partial charge >= 0.3 is 6.03 Å². The molecule has 1 heterocycles. The van der Waals surface area contributed by atoms with E-state index in [0.717, 1.165) is 4.90 Å². The highest BCUT2D eigenvalue weighted by Gasteiger charge is 2.36. The van der Waals surface area contributed by atoms with Crippen LogP contribution in [0.4, 0.5) is 10.5 Å². The van der Waals surface area contributed by atoms with Crippen molar-refractivity contribution < 1.29 is 19.1 Å². The summed E-state index contributed by atoms with van der Waals surface area (Å²) in [5.74, 6) is 1.36. The van der Waals surface area contributed by atoms with Gasteiger partial charge in [0.25, 0.3) is 11.8 Å². The number of amides is 4. The second-order valence-electron chi connectivity index (χ2n) is 5.62. The van der Waals surface area contributed by atoms with Crippen molar-refractivity contribution in [1.29, 1.82) is 0 Å². The van der Waals surface area contributed by atoms with E-state index in [0.29, 0.717) is 20.8 Å². The number of halogens is 2. The lowest BCUT2D eigenvalue weighted by Gasteiger charge is -2.26. The van der Waals surface area contributed by atoms with E-state index in [2.05, 4.69) is 27.2 Å². The highest BCUT2D eigenvalue weighted by atomic mass is 79.9. The van der Waals surface area contributed by atoms with Gasteiger partial charge in [0.2, 0.25) is 0 Å². The number of rotatable bonds is 4. The van der Waals surface area contributed by atoms with Crippen molar-refractivity contribution in [2.75, 3.05) is 11.5 Å². The zero-order valence-corrected chi connectivity index (χ0v) is 16.6. The molecular weight excluding hydrogens is 448 g/mol. The van der Waals surface area contributed by atoms with Crippen molar-refractivity contribution in [3.05, 3.63) is 63.1 Å². The second-order valence-corrected chi connectivity index (χ2v) is 6.91. The normalized spacial score (nSPS) is 15.4. The fraction of sp³-hybridized carbons (Fsp3) is 0.0500. The molecule has 28 heavy (non-hydrogen) atoms. The van der Waals surface area contributed by atoms with E-state index in [9.17, 15) is 14.4 Å². The molecule has 0 radical (unpaired) electrons. The van der Waals surface area contributed by atoms with Crippen molar-refractivity contribution in [3.8, 4) is 18.1 Å². The second kappa shape index (κ2) is 8.30. The molecule has 1 N–H and O–H groups in total. The fourth-order valence-electron chi connectivity index (χ4n) is 2.52. The number of barbiturate groups is 1. The van der Waals surface area contributed by atoms with Gasteiger partial charge in [-0.15, -0.1) is 6.42 Å². The van der Waals surface area contributed by atoms with E-state index >= 15 is 0 Å². The summed E-state index contributed by atoms with van der Waals surface area (Å²) in [4.78, 5) is 38.1. The van der Waals surface area contributed by atoms with Crippen LogP contribution in [0.3, 0.4) is 0 Å². The summed E-state index contributed by atoms with van der Waals surface area (Å²) >= 11 is 9.29. The molecular formula is C20H12BrClN2O4. The van der Waals surface area contributed by atoms with E-state index in [1.165, 1.54) is 12.1 Å². The van der Waals surface area contributed by atoms with Gasteiger partial charge in [-0.05, 0) is 57.9 Å². The van der Waals surface area contributed by atoms with E-state index in [1.807, 2.05) is 0 Å². The van der Waals surface area contributed by atoms with Gasteiger partial charge in [-0.25, -0.2) is 9.69 Å². The number of imide groups is 2. The van der Waals surface area contributed by atoms with Crippen LogP contribution in [-0.4, -0.2) is 24.5 Å². The van der Waals surface area contributed by atoms with Crippen LogP contribution in [0, 0.1) is 12.3 Å². The Labute approximate surface area is 174 Å². The first-order valence-corrected chi connectivity index (χ1v) is 9.10. The molecule has 140 valence electrons. The predicted octanol–water partition coefficient (Wildman–Crippen LogP) is 3.78. The van der Waals surface area contributed by atoms with Crippen LogP contribution in [0.15, 0.2) is 52.5 Å².